The molecule has 0 heterocycles. The van der Waals surface area contributed by atoms with Crippen LogP contribution in [0, 0.1) is 0 Å². The molecule has 0 saturated carbocycles. The molecule has 2 aromatic carbocycles. The van der Waals surface area contributed by atoms with E-state index in [1.54, 1.807) is 30.3 Å². The van der Waals surface area contributed by atoms with Gasteiger partial charge < -0.3 is 15.3 Å². The zero-order chi connectivity index (χ0) is 17.5. The van der Waals surface area contributed by atoms with E-state index < -0.39 is 5.97 Å². The van der Waals surface area contributed by atoms with Crippen LogP contribution in [0.5, 0.6) is 5.75 Å². The van der Waals surface area contributed by atoms with E-state index in [0.29, 0.717) is 21.4 Å². The Morgan fingerprint density at radius 2 is 1.88 bits per heavy atom. The predicted octanol–water partition coefficient (Wildman–Crippen LogP) is 3.60. The molecule has 0 aliphatic heterocycles. The predicted molar refractivity (Wildman–Crippen MR) is 94.6 cm³/mol. The number of oxime groups is 1. The van der Waals surface area contributed by atoms with Crippen LogP contribution >= 0.6 is 23.2 Å². The maximum absolute atomic E-state index is 11.9. The van der Waals surface area contributed by atoms with Crippen molar-refractivity contribution in [3.63, 3.8) is 0 Å². The van der Waals surface area contributed by atoms with Crippen LogP contribution in [0.25, 0.3) is 0 Å². The number of rotatable bonds is 6. The molecule has 0 bridgehead atoms. The molecule has 0 amide bonds. The van der Waals surface area contributed by atoms with E-state index in [2.05, 4.69) is 5.16 Å². The number of halogens is 2. The second kappa shape index (κ2) is 8.57. The molecule has 0 aliphatic carbocycles. The third-order valence-electron chi connectivity index (χ3n) is 3.18. The Bertz CT molecular complexity index is 763. The molecule has 24 heavy (non-hydrogen) atoms. The summed E-state index contributed by atoms with van der Waals surface area (Å²) in [6.07, 6.45) is 0.278. The van der Waals surface area contributed by atoms with E-state index in [9.17, 15) is 4.79 Å². The van der Waals surface area contributed by atoms with Crippen molar-refractivity contribution in [2.45, 2.75) is 12.8 Å². The highest BCUT2D eigenvalue weighted by Crippen LogP contribution is 2.21. The van der Waals surface area contributed by atoms with Crippen LogP contribution in [-0.4, -0.2) is 18.9 Å². The third kappa shape index (κ3) is 5.15. The number of hydrogen-bond donors (Lipinski definition) is 1. The smallest absolute Gasteiger partial charge is 0.339 e. The molecule has 0 aliphatic rings. The van der Waals surface area contributed by atoms with Gasteiger partial charge in [-0.15, -0.1) is 0 Å². The number of carbonyl (C=O) groups excluding carboxylic acids is 1. The Labute approximate surface area is 149 Å². The van der Waals surface area contributed by atoms with Crippen molar-refractivity contribution < 1.29 is 14.4 Å². The molecule has 0 unspecified atom stereocenters. The molecule has 2 rings (SSSR count). The lowest BCUT2D eigenvalue weighted by molar-refractivity contribution is -0.142. The molecule has 126 valence electrons. The van der Waals surface area contributed by atoms with Crippen LogP contribution < -0.4 is 10.5 Å². The fourth-order valence-electron chi connectivity index (χ4n) is 2.04. The highest BCUT2D eigenvalue weighted by molar-refractivity contribution is 6.35. The molecule has 7 heteroatoms. The number of amidine groups is 1. The van der Waals surface area contributed by atoms with Gasteiger partial charge >= 0.3 is 5.97 Å². The van der Waals surface area contributed by atoms with Gasteiger partial charge in [0.2, 0.25) is 0 Å². The summed E-state index contributed by atoms with van der Waals surface area (Å²) in [5, 5.41) is 4.65. The van der Waals surface area contributed by atoms with E-state index in [1.807, 2.05) is 12.1 Å². The average molecular weight is 367 g/mol. The van der Waals surface area contributed by atoms with Crippen molar-refractivity contribution in [1.82, 2.24) is 0 Å². The van der Waals surface area contributed by atoms with Crippen molar-refractivity contribution in [1.29, 1.82) is 0 Å². The first-order valence-electron chi connectivity index (χ1n) is 7.07. The number of hydrogen-bond acceptors (Lipinski definition) is 4. The van der Waals surface area contributed by atoms with Gasteiger partial charge in [0.1, 0.15) is 11.6 Å². The Morgan fingerprint density at radius 3 is 2.58 bits per heavy atom. The van der Waals surface area contributed by atoms with Crippen LogP contribution in [0.1, 0.15) is 11.1 Å². The Morgan fingerprint density at radius 1 is 1.12 bits per heavy atom. The van der Waals surface area contributed by atoms with Gasteiger partial charge in [-0.25, -0.2) is 4.79 Å². The quantitative estimate of drug-likeness (QED) is 0.366. The molecular formula is C17H16Cl2N2O3. The lowest BCUT2D eigenvalue weighted by Crippen LogP contribution is -2.17. The topological polar surface area (TPSA) is 73.9 Å². The van der Waals surface area contributed by atoms with Gasteiger partial charge in [0, 0.05) is 22.0 Å². The first-order valence-corrected chi connectivity index (χ1v) is 7.83. The zero-order valence-electron chi connectivity index (χ0n) is 13.0. The van der Waals surface area contributed by atoms with Crippen molar-refractivity contribution in [2.75, 3.05) is 7.11 Å². The zero-order valence-corrected chi connectivity index (χ0v) is 14.5. The van der Waals surface area contributed by atoms with Gasteiger partial charge in [-0.2, -0.15) is 0 Å². The molecule has 0 aromatic heterocycles. The van der Waals surface area contributed by atoms with Gasteiger partial charge in [0.05, 0.1) is 13.5 Å². The van der Waals surface area contributed by atoms with Crippen molar-refractivity contribution in [3.05, 3.63) is 63.6 Å². The van der Waals surface area contributed by atoms with E-state index in [-0.39, 0.29) is 18.7 Å². The summed E-state index contributed by atoms with van der Waals surface area (Å²) < 4.78 is 5.18. The monoisotopic (exact) mass is 366 g/mol. The molecule has 5 nitrogen and oxygen atoms in total. The van der Waals surface area contributed by atoms with Gasteiger partial charge in [-0.3, -0.25) is 0 Å². The summed E-state index contributed by atoms with van der Waals surface area (Å²) in [4.78, 5) is 16.7. The van der Waals surface area contributed by atoms with Crippen LogP contribution in [0.2, 0.25) is 10.0 Å². The summed E-state index contributed by atoms with van der Waals surface area (Å²) in [6, 6.07) is 12.2. The van der Waals surface area contributed by atoms with Gasteiger partial charge in [-0.1, -0.05) is 52.6 Å². The number of ether oxygens (including phenoxy) is 1. The summed E-state index contributed by atoms with van der Waals surface area (Å²) in [5.74, 6) is 0.205. The Balaban J connectivity index is 1.95. The number of carbonyl (C=O) groups is 1. The summed E-state index contributed by atoms with van der Waals surface area (Å²) in [7, 11) is 1.54. The minimum absolute atomic E-state index is 0.0303. The van der Waals surface area contributed by atoms with Crippen LogP contribution in [-0.2, 0) is 22.5 Å². The van der Waals surface area contributed by atoms with Crippen LogP contribution in [0.3, 0.4) is 0 Å². The number of nitrogens with zero attached hydrogens (tertiary/aromatic N) is 1. The molecule has 0 atom stereocenters. The number of nitrogens with two attached hydrogens (primary N) is 1. The highest BCUT2D eigenvalue weighted by Gasteiger charge is 2.10. The molecule has 0 spiro atoms. The Kier molecular flexibility index (Phi) is 6.46. The van der Waals surface area contributed by atoms with E-state index in [4.69, 9.17) is 38.5 Å². The molecule has 0 radical (unpaired) electrons. The fourth-order valence-corrected chi connectivity index (χ4v) is 2.51. The number of methoxy groups -OCH3 is 1. The van der Waals surface area contributed by atoms with Crippen LogP contribution in [0.4, 0.5) is 0 Å². The molecule has 2 aromatic rings. The minimum Gasteiger partial charge on any atom is -0.496 e. The van der Waals surface area contributed by atoms with Crippen molar-refractivity contribution in [2.24, 2.45) is 10.9 Å². The Hall–Kier alpha value is -2.24. The average Bonchev–Trinajstić information content (AvgIpc) is 2.56. The van der Waals surface area contributed by atoms with Crippen molar-refractivity contribution >= 4 is 35.0 Å². The lowest BCUT2D eigenvalue weighted by atomic mass is 10.1. The molecule has 0 saturated heterocycles. The first kappa shape index (κ1) is 18.1. The van der Waals surface area contributed by atoms with Crippen molar-refractivity contribution in [3.8, 4) is 5.75 Å². The van der Waals surface area contributed by atoms with E-state index >= 15 is 0 Å². The summed E-state index contributed by atoms with van der Waals surface area (Å²) in [5.41, 5.74) is 7.21. The second-order valence-electron chi connectivity index (χ2n) is 4.95. The molecule has 2 N–H and O–H groups in total. The fraction of sp³-hybridized carbons (Fsp3) is 0.176. The molecule has 0 fully saturated rings. The highest BCUT2D eigenvalue weighted by atomic mass is 35.5. The summed E-state index contributed by atoms with van der Waals surface area (Å²) >= 11 is 11.9. The maximum Gasteiger partial charge on any atom is 0.339 e. The maximum atomic E-state index is 11.9. The normalized spacial score (nSPS) is 11.2. The second-order valence-corrected chi connectivity index (χ2v) is 5.79. The SMILES string of the molecule is COc1ccccc1CC(=O)ON=C(N)Cc1ccc(Cl)cc1Cl. The van der Waals surface area contributed by atoms with Gasteiger partial charge in [0.25, 0.3) is 0 Å². The first-order chi connectivity index (χ1) is 11.5. The van der Waals surface area contributed by atoms with Gasteiger partial charge in [0.15, 0.2) is 0 Å². The van der Waals surface area contributed by atoms with E-state index in [1.165, 1.54) is 7.11 Å². The minimum atomic E-state index is -0.537. The lowest BCUT2D eigenvalue weighted by Gasteiger charge is -2.07. The number of para-hydroxylation sites is 1. The van der Waals surface area contributed by atoms with Gasteiger partial charge in [-0.05, 0) is 23.8 Å². The van der Waals surface area contributed by atoms with Crippen LogP contribution in [0.15, 0.2) is 47.6 Å². The molecular weight excluding hydrogens is 351 g/mol. The number of benzene rings is 2. The summed E-state index contributed by atoms with van der Waals surface area (Å²) in [6.45, 7) is 0. The standard InChI is InChI=1S/C17H16Cl2N2O3/c1-23-15-5-3-2-4-12(15)9-17(22)24-21-16(20)8-11-6-7-13(18)10-14(11)19/h2-7,10H,8-9H2,1H3,(H2,20,21). The van der Waals surface area contributed by atoms with E-state index in [0.717, 1.165) is 5.56 Å². The third-order valence-corrected chi connectivity index (χ3v) is 3.77. The largest absolute Gasteiger partial charge is 0.496 e.